The lowest BCUT2D eigenvalue weighted by Crippen LogP contribution is -2.51. The van der Waals surface area contributed by atoms with Crippen LogP contribution in [-0.2, 0) is 26.2 Å². The second kappa shape index (κ2) is 11.2. The summed E-state index contributed by atoms with van der Waals surface area (Å²) >= 11 is 12.3. The second-order valence-corrected chi connectivity index (χ2v) is 10.7. The molecule has 0 aliphatic carbocycles. The molecule has 0 bridgehead atoms. The summed E-state index contributed by atoms with van der Waals surface area (Å²) in [6.07, 6.45) is 1.05. The standard InChI is InChI=1S/C23H29Cl2N3O4S/c1-6-26-23(30)17(4)27(13-18-7-8-19(24)12-21(18)25)22(29)14-28(33(5,31)32)20-10-15(2)9-16(3)11-20/h7-12,17H,6,13-14H2,1-5H3,(H,26,30). The largest absolute Gasteiger partial charge is 0.355 e. The number of hydrogen-bond donors (Lipinski definition) is 1. The third-order valence-electron chi connectivity index (χ3n) is 5.05. The highest BCUT2D eigenvalue weighted by Crippen LogP contribution is 2.25. The van der Waals surface area contributed by atoms with Gasteiger partial charge in [0.15, 0.2) is 0 Å². The normalized spacial score (nSPS) is 12.2. The van der Waals surface area contributed by atoms with Crippen LogP contribution in [0.3, 0.4) is 0 Å². The third kappa shape index (κ3) is 7.35. The van der Waals surface area contributed by atoms with E-state index in [0.717, 1.165) is 21.7 Å². The van der Waals surface area contributed by atoms with Crippen LogP contribution in [0.25, 0.3) is 0 Å². The molecule has 2 rings (SSSR count). The smallest absolute Gasteiger partial charge is 0.244 e. The molecule has 0 saturated carbocycles. The molecule has 0 saturated heterocycles. The molecule has 2 amide bonds. The summed E-state index contributed by atoms with van der Waals surface area (Å²) < 4.78 is 26.3. The number of nitrogens with zero attached hydrogens (tertiary/aromatic N) is 2. The maximum Gasteiger partial charge on any atom is 0.244 e. The SMILES string of the molecule is CCNC(=O)C(C)N(Cc1ccc(Cl)cc1Cl)C(=O)CN(c1cc(C)cc(C)c1)S(C)(=O)=O. The summed E-state index contributed by atoms with van der Waals surface area (Å²) in [5.41, 5.74) is 2.71. The highest BCUT2D eigenvalue weighted by molar-refractivity contribution is 7.92. The van der Waals surface area contributed by atoms with Gasteiger partial charge in [-0.2, -0.15) is 0 Å². The number of carbonyl (C=O) groups is 2. The van der Waals surface area contributed by atoms with E-state index in [-0.39, 0.29) is 12.5 Å². The van der Waals surface area contributed by atoms with Crippen molar-refractivity contribution in [3.05, 3.63) is 63.1 Å². The summed E-state index contributed by atoms with van der Waals surface area (Å²) in [5, 5.41) is 3.49. The van der Waals surface area contributed by atoms with Gasteiger partial charge in [-0.3, -0.25) is 13.9 Å². The van der Waals surface area contributed by atoms with E-state index in [1.807, 2.05) is 19.9 Å². The molecule has 0 aliphatic rings. The van der Waals surface area contributed by atoms with Gasteiger partial charge in [0.2, 0.25) is 21.8 Å². The predicted octanol–water partition coefficient (Wildman–Crippen LogP) is 3.93. The Bertz CT molecular complexity index is 1120. The Morgan fingerprint density at radius 1 is 1.06 bits per heavy atom. The van der Waals surface area contributed by atoms with Gasteiger partial charge in [-0.05, 0) is 68.7 Å². The number of aryl methyl sites for hydroxylation is 2. The number of likely N-dealkylation sites (N-methyl/N-ethyl adjacent to an activating group) is 1. The fraction of sp³-hybridized carbons (Fsp3) is 0.391. The topological polar surface area (TPSA) is 86.8 Å². The monoisotopic (exact) mass is 513 g/mol. The van der Waals surface area contributed by atoms with E-state index in [2.05, 4.69) is 5.32 Å². The van der Waals surface area contributed by atoms with E-state index >= 15 is 0 Å². The summed E-state index contributed by atoms with van der Waals surface area (Å²) in [5.74, 6) is -0.891. The number of anilines is 1. The number of nitrogens with one attached hydrogen (secondary N) is 1. The molecular weight excluding hydrogens is 485 g/mol. The van der Waals surface area contributed by atoms with E-state index in [9.17, 15) is 18.0 Å². The maximum atomic E-state index is 13.4. The van der Waals surface area contributed by atoms with Crippen molar-refractivity contribution in [1.82, 2.24) is 10.2 Å². The summed E-state index contributed by atoms with van der Waals surface area (Å²) in [6, 6.07) is 9.33. The first kappa shape index (κ1) is 27.0. The van der Waals surface area contributed by atoms with Crippen LogP contribution in [0.2, 0.25) is 10.0 Å². The highest BCUT2D eigenvalue weighted by Gasteiger charge is 2.30. The quantitative estimate of drug-likeness (QED) is 0.550. The average Bonchev–Trinajstić information content (AvgIpc) is 2.69. The predicted molar refractivity (Wildman–Crippen MR) is 133 cm³/mol. The van der Waals surface area contributed by atoms with Gasteiger partial charge in [0.1, 0.15) is 12.6 Å². The van der Waals surface area contributed by atoms with Gasteiger partial charge >= 0.3 is 0 Å². The van der Waals surface area contributed by atoms with E-state index in [4.69, 9.17) is 23.2 Å². The molecule has 1 unspecified atom stereocenters. The summed E-state index contributed by atoms with van der Waals surface area (Å²) in [4.78, 5) is 27.3. The zero-order chi connectivity index (χ0) is 24.9. The fourth-order valence-corrected chi connectivity index (χ4v) is 4.75. The fourth-order valence-electron chi connectivity index (χ4n) is 3.45. The van der Waals surface area contributed by atoms with Crippen molar-refractivity contribution in [1.29, 1.82) is 0 Å². The van der Waals surface area contributed by atoms with Gasteiger partial charge in [0, 0.05) is 23.1 Å². The molecule has 0 fully saturated rings. The van der Waals surface area contributed by atoms with Crippen LogP contribution in [0.1, 0.15) is 30.5 Å². The molecule has 0 aromatic heterocycles. The molecule has 1 atom stereocenters. The van der Waals surface area contributed by atoms with E-state index in [1.54, 1.807) is 44.2 Å². The van der Waals surface area contributed by atoms with Crippen molar-refractivity contribution in [3.8, 4) is 0 Å². The number of rotatable bonds is 9. The Morgan fingerprint density at radius 3 is 2.18 bits per heavy atom. The first-order valence-electron chi connectivity index (χ1n) is 10.4. The third-order valence-corrected chi connectivity index (χ3v) is 6.78. The molecule has 7 nitrogen and oxygen atoms in total. The lowest BCUT2D eigenvalue weighted by molar-refractivity contribution is -0.139. The zero-order valence-electron chi connectivity index (χ0n) is 19.4. The van der Waals surface area contributed by atoms with Crippen molar-refractivity contribution in [3.63, 3.8) is 0 Å². The van der Waals surface area contributed by atoms with Crippen molar-refractivity contribution in [2.75, 3.05) is 23.7 Å². The second-order valence-electron chi connectivity index (χ2n) is 7.94. The van der Waals surface area contributed by atoms with Gasteiger partial charge in [0.25, 0.3) is 0 Å². The molecule has 10 heteroatoms. The molecule has 2 aromatic rings. The Hall–Kier alpha value is -2.29. The van der Waals surface area contributed by atoms with Crippen molar-refractivity contribution < 1.29 is 18.0 Å². The maximum absolute atomic E-state index is 13.4. The Balaban J connectivity index is 2.45. The number of amides is 2. The van der Waals surface area contributed by atoms with Crippen molar-refractivity contribution in [2.24, 2.45) is 0 Å². The number of hydrogen-bond acceptors (Lipinski definition) is 4. The van der Waals surface area contributed by atoms with Crippen LogP contribution < -0.4 is 9.62 Å². The van der Waals surface area contributed by atoms with Gasteiger partial charge in [-0.25, -0.2) is 8.42 Å². The molecule has 0 radical (unpaired) electrons. The molecule has 180 valence electrons. The van der Waals surface area contributed by atoms with E-state index in [0.29, 0.717) is 27.8 Å². The summed E-state index contributed by atoms with van der Waals surface area (Å²) in [7, 11) is -3.78. The number of sulfonamides is 1. The molecule has 2 aromatic carbocycles. The van der Waals surface area contributed by atoms with Crippen LogP contribution in [0.4, 0.5) is 5.69 Å². The Labute approximate surface area is 205 Å². The minimum Gasteiger partial charge on any atom is -0.355 e. The van der Waals surface area contributed by atoms with Crippen LogP contribution in [0.15, 0.2) is 36.4 Å². The zero-order valence-corrected chi connectivity index (χ0v) is 21.7. The van der Waals surface area contributed by atoms with E-state index in [1.165, 1.54) is 4.90 Å². The molecular formula is C23H29Cl2N3O4S. The first-order chi connectivity index (χ1) is 15.3. The molecule has 33 heavy (non-hydrogen) atoms. The van der Waals surface area contributed by atoms with Gasteiger partial charge in [-0.15, -0.1) is 0 Å². The number of carbonyl (C=O) groups excluding carboxylic acids is 2. The van der Waals surface area contributed by atoms with Gasteiger partial charge in [0.05, 0.1) is 11.9 Å². The highest BCUT2D eigenvalue weighted by atomic mass is 35.5. The van der Waals surface area contributed by atoms with Crippen LogP contribution in [0, 0.1) is 13.8 Å². The molecule has 0 spiro atoms. The molecule has 0 heterocycles. The van der Waals surface area contributed by atoms with E-state index < -0.39 is 28.5 Å². The average molecular weight is 514 g/mol. The minimum absolute atomic E-state index is 0.0115. The Morgan fingerprint density at radius 2 is 1.67 bits per heavy atom. The van der Waals surface area contributed by atoms with Crippen LogP contribution in [0.5, 0.6) is 0 Å². The lowest BCUT2D eigenvalue weighted by Gasteiger charge is -2.31. The molecule has 1 N–H and O–H groups in total. The van der Waals surface area contributed by atoms with Crippen molar-refractivity contribution in [2.45, 2.75) is 40.3 Å². The van der Waals surface area contributed by atoms with Crippen molar-refractivity contribution >= 4 is 50.7 Å². The number of halogens is 2. The van der Waals surface area contributed by atoms with Crippen LogP contribution >= 0.6 is 23.2 Å². The van der Waals surface area contributed by atoms with Crippen LogP contribution in [-0.4, -0.2) is 50.5 Å². The Kier molecular flexibility index (Phi) is 9.17. The first-order valence-corrected chi connectivity index (χ1v) is 13.0. The van der Waals surface area contributed by atoms with Gasteiger partial charge < -0.3 is 10.2 Å². The van der Waals surface area contributed by atoms with Gasteiger partial charge in [-0.1, -0.05) is 35.3 Å². The molecule has 0 aliphatic heterocycles. The lowest BCUT2D eigenvalue weighted by atomic mass is 10.1. The minimum atomic E-state index is -3.78. The number of benzene rings is 2. The summed E-state index contributed by atoms with van der Waals surface area (Å²) in [6.45, 7) is 7.02.